The Hall–Kier alpha value is -3.70. The number of aromatic nitrogens is 2. The lowest BCUT2D eigenvalue weighted by Crippen LogP contribution is -2.47. The second-order valence-electron chi connectivity index (χ2n) is 9.69. The van der Waals surface area contributed by atoms with Crippen molar-refractivity contribution in [2.24, 2.45) is 0 Å². The molecule has 0 amide bonds. The molecule has 0 fully saturated rings. The molecular formula is C30H32N4O. The molecule has 1 aliphatic heterocycles. The summed E-state index contributed by atoms with van der Waals surface area (Å²) in [5.41, 5.74) is 8.68. The smallest absolute Gasteiger partial charge is 0.259 e. The van der Waals surface area contributed by atoms with Crippen LogP contribution in [0.2, 0.25) is 0 Å². The molecule has 2 heterocycles. The fourth-order valence-corrected chi connectivity index (χ4v) is 4.88. The maximum Gasteiger partial charge on any atom is 0.259 e. The molecule has 1 aliphatic rings. The Morgan fingerprint density at radius 3 is 2.23 bits per heavy atom. The number of hydrogen-bond donors (Lipinski definition) is 0. The van der Waals surface area contributed by atoms with Crippen molar-refractivity contribution >= 4 is 11.6 Å². The predicted octanol–water partition coefficient (Wildman–Crippen LogP) is 5.64. The normalized spacial score (nSPS) is 13.7. The van der Waals surface area contributed by atoms with Crippen molar-refractivity contribution in [1.29, 1.82) is 0 Å². The highest BCUT2D eigenvalue weighted by Crippen LogP contribution is 2.31. The van der Waals surface area contributed by atoms with Gasteiger partial charge in [0.05, 0.1) is 19.0 Å². The lowest BCUT2D eigenvalue weighted by Gasteiger charge is -2.39. The van der Waals surface area contributed by atoms with Gasteiger partial charge in [0.1, 0.15) is 0 Å². The molecule has 0 radical (unpaired) electrons. The van der Waals surface area contributed by atoms with Crippen molar-refractivity contribution < 1.29 is 0 Å². The van der Waals surface area contributed by atoms with Crippen molar-refractivity contribution in [3.8, 4) is 0 Å². The van der Waals surface area contributed by atoms with Crippen molar-refractivity contribution in [3.63, 3.8) is 0 Å². The van der Waals surface area contributed by atoms with Gasteiger partial charge >= 0.3 is 0 Å². The molecule has 0 saturated heterocycles. The van der Waals surface area contributed by atoms with Gasteiger partial charge < -0.3 is 0 Å². The lowest BCUT2D eigenvalue weighted by atomic mass is 10.0. The number of aryl methyl sites for hydroxylation is 4. The van der Waals surface area contributed by atoms with E-state index in [2.05, 4.69) is 85.2 Å². The summed E-state index contributed by atoms with van der Waals surface area (Å²) in [6, 6.07) is 25.2. The lowest BCUT2D eigenvalue weighted by molar-refractivity contribution is 0.189. The van der Waals surface area contributed by atoms with Crippen LogP contribution in [0.3, 0.4) is 0 Å². The van der Waals surface area contributed by atoms with Crippen molar-refractivity contribution in [3.05, 3.63) is 122 Å². The summed E-state index contributed by atoms with van der Waals surface area (Å²) in [6.45, 7) is 10.2. The van der Waals surface area contributed by atoms with E-state index >= 15 is 0 Å². The van der Waals surface area contributed by atoms with Crippen LogP contribution in [-0.2, 0) is 19.6 Å². The number of rotatable bonds is 5. The predicted molar refractivity (Wildman–Crippen MR) is 142 cm³/mol. The zero-order valence-corrected chi connectivity index (χ0v) is 21.0. The van der Waals surface area contributed by atoms with E-state index in [-0.39, 0.29) is 5.56 Å². The van der Waals surface area contributed by atoms with Crippen LogP contribution in [0.15, 0.2) is 77.6 Å². The van der Waals surface area contributed by atoms with E-state index in [1.165, 1.54) is 22.3 Å². The van der Waals surface area contributed by atoms with E-state index in [1.54, 1.807) is 0 Å². The molecule has 1 aromatic heterocycles. The Morgan fingerprint density at radius 2 is 1.51 bits per heavy atom. The summed E-state index contributed by atoms with van der Waals surface area (Å²) < 4.78 is 1.85. The van der Waals surface area contributed by atoms with Crippen molar-refractivity contribution in [2.75, 3.05) is 11.6 Å². The zero-order chi connectivity index (χ0) is 24.5. The first kappa shape index (κ1) is 23.1. The number of benzene rings is 3. The molecule has 5 nitrogen and oxygen atoms in total. The van der Waals surface area contributed by atoms with Gasteiger partial charge in [-0.2, -0.15) is 0 Å². The first-order valence-corrected chi connectivity index (χ1v) is 12.2. The second-order valence-corrected chi connectivity index (χ2v) is 9.69. The Balaban J connectivity index is 1.59. The highest BCUT2D eigenvalue weighted by molar-refractivity contribution is 5.63. The van der Waals surface area contributed by atoms with Gasteiger partial charge in [0, 0.05) is 24.2 Å². The maximum atomic E-state index is 13.9. The molecular weight excluding hydrogens is 432 g/mol. The van der Waals surface area contributed by atoms with Crippen LogP contribution in [-0.4, -0.2) is 21.1 Å². The molecule has 5 rings (SSSR count). The van der Waals surface area contributed by atoms with Gasteiger partial charge in [0.2, 0.25) is 5.95 Å². The van der Waals surface area contributed by atoms with Crippen LogP contribution in [0.1, 0.15) is 39.1 Å². The van der Waals surface area contributed by atoms with E-state index in [0.717, 1.165) is 35.0 Å². The SMILES string of the molecule is Cc1ccc(CN2CN(c3ccc(C)cc3C)c3nc(C)c(Cc4ccccc4)c(=O)n3C2)cc1. The molecule has 0 spiro atoms. The van der Waals surface area contributed by atoms with Crippen LogP contribution in [0, 0.1) is 27.7 Å². The Labute approximate surface area is 207 Å². The quantitative estimate of drug-likeness (QED) is 0.383. The van der Waals surface area contributed by atoms with Gasteiger partial charge in [-0.1, -0.05) is 77.9 Å². The van der Waals surface area contributed by atoms with Gasteiger partial charge in [0.15, 0.2) is 0 Å². The minimum absolute atomic E-state index is 0.0414. The minimum atomic E-state index is 0.0414. The molecule has 0 unspecified atom stereocenters. The summed E-state index contributed by atoms with van der Waals surface area (Å²) >= 11 is 0. The van der Waals surface area contributed by atoms with Crippen LogP contribution in [0.4, 0.5) is 11.6 Å². The molecule has 0 saturated carbocycles. The number of nitrogens with zero attached hydrogens (tertiary/aromatic N) is 4. The van der Waals surface area contributed by atoms with Crippen molar-refractivity contribution in [1.82, 2.24) is 14.5 Å². The third-order valence-corrected chi connectivity index (χ3v) is 6.77. The average molecular weight is 465 g/mol. The van der Waals surface area contributed by atoms with Gasteiger partial charge in [-0.05, 0) is 50.5 Å². The number of anilines is 2. The molecule has 0 aliphatic carbocycles. The third-order valence-electron chi connectivity index (χ3n) is 6.77. The van der Waals surface area contributed by atoms with E-state index < -0.39 is 0 Å². The molecule has 178 valence electrons. The topological polar surface area (TPSA) is 41.4 Å². The van der Waals surface area contributed by atoms with Crippen LogP contribution >= 0.6 is 0 Å². The summed E-state index contributed by atoms with van der Waals surface area (Å²) in [6.07, 6.45) is 0.584. The van der Waals surface area contributed by atoms with Crippen LogP contribution < -0.4 is 10.5 Å². The minimum Gasteiger partial charge on any atom is -0.298 e. The fourth-order valence-electron chi connectivity index (χ4n) is 4.88. The highest BCUT2D eigenvalue weighted by atomic mass is 16.1. The van der Waals surface area contributed by atoms with Gasteiger partial charge in [0.25, 0.3) is 5.56 Å². The van der Waals surface area contributed by atoms with Gasteiger partial charge in [-0.3, -0.25) is 19.2 Å². The summed E-state index contributed by atoms with van der Waals surface area (Å²) in [5, 5.41) is 0. The van der Waals surface area contributed by atoms with Crippen LogP contribution in [0.5, 0.6) is 0 Å². The maximum absolute atomic E-state index is 13.9. The van der Waals surface area contributed by atoms with Gasteiger partial charge in [-0.15, -0.1) is 0 Å². The molecule has 3 aromatic carbocycles. The van der Waals surface area contributed by atoms with E-state index in [1.807, 2.05) is 29.7 Å². The monoisotopic (exact) mass is 464 g/mol. The second kappa shape index (κ2) is 9.51. The fraction of sp³-hybridized carbons (Fsp3) is 0.267. The van der Waals surface area contributed by atoms with Crippen LogP contribution in [0.25, 0.3) is 0 Å². The molecule has 0 atom stereocenters. The summed E-state index contributed by atoms with van der Waals surface area (Å²) in [5.74, 6) is 0.719. The Morgan fingerprint density at radius 1 is 0.800 bits per heavy atom. The van der Waals surface area contributed by atoms with E-state index in [9.17, 15) is 4.79 Å². The molecule has 5 heteroatoms. The summed E-state index contributed by atoms with van der Waals surface area (Å²) in [7, 11) is 0. The molecule has 0 N–H and O–H groups in total. The Bertz CT molecular complexity index is 1410. The largest absolute Gasteiger partial charge is 0.298 e. The van der Waals surface area contributed by atoms with E-state index in [0.29, 0.717) is 19.8 Å². The van der Waals surface area contributed by atoms with Gasteiger partial charge in [-0.25, -0.2) is 4.98 Å². The molecule has 4 aromatic rings. The molecule has 0 bridgehead atoms. The zero-order valence-electron chi connectivity index (χ0n) is 21.0. The summed E-state index contributed by atoms with van der Waals surface area (Å²) in [4.78, 5) is 23.4. The van der Waals surface area contributed by atoms with Crippen molar-refractivity contribution in [2.45, 2.75) is 47.3 Å². The first-order valence-electron chi connectivity index (χ1n) is 12.2. The Kier molecular flexibility index (Phi) is 6.27. The average Bonchev–Trinajstić information content (AvgIpc) is 2.84. The van der Waals surface area contributed by atoms with E-state index in [4.69, 9.17) is 4.98 Å². The first-order chi connectivity index (χ1) is 16.9. The number of fused-ring (bicyclic) bond motifs is 1. The molecule has 35 heavy (non-hydrogen) atoms. The third kappa shape index (κ3) is 4.77. The number of hydrogen-bond acceptors (Lipinski definition) is 4. The highest BCUT2D eigenvalue weighted by Gasteiger charge is 2.28. The standard InChI is InChI=1S/C30H32N4O/c1-21-10-13-26(14-11-21)18-32-19-33(28-15-12-22(2)16-23(28)3)30-31-24(4)27(29(35)34(30)20-32)17-25-8-6-5-7-9-25/h5-16H,17-20H2,1-4H3.